The second-order valence-electron chi connectivity index (χ2n) is 6.18. The van der Waals surface area contributed by atoms with Crippen LogP contribution < -0.4 is 0 Å². The fraction of sp³-hybridized carbons (Fsp3) is 0.923. The molecule has 0 heterocycles. The van der Waals surface area contributed by atoms with Crippen molar-refractivity contribution in [3.8, 4) is 0 Å². The number of amides is 1. The molecule has 0 saturated heterocycles. The first-order chi connectivity index (χ1) is 7.38. The van der Waals surface area contributed by atoms with E-state index in [2.05, 4.69) is 0 Å². The number of rotatable bonds is 3. The van der Waals surface area contributed by atoms with E-state index in [0.29, 0.717) is 5.92 Å². The Morgan fingerprint density at radius 3 is 2.50 bits per heavy atom. The van der Waals surface area contributed by atoms with Crippen molar-refractivity contribution in [2.75, 3.05) is 13.6 Å². The molecule has 0 aromatic rings. The van der Waals surface area contributed by atoms with Gasteiger partial charge in [-0.3, -0.25) is 4.79 Å². The van der Waals surface area contributed by atoms with E-state index < -0.39 is 5.60 Å². The van der Waals surface area contributed by atoms with Crippen molar-refractivity contribution in [2.45, 2.75) is 45.1 Å². The Balaban J connectivity index is 1.88. The van der Waals surface area contributed by atoms with Crippen molar-refractivity contribution >= 4 is 5.91 Å². The molecule has 3 heteroatoms. The number of nitrogens with zero attached hydrogens (tertiary/aromatic N) is 1. The molecule has 2 fully saturated rings. The number of fused-ring (bicyclic) bond motifs is 2. The summed E-state index contributed by atoms with van der Waals surface area (Å²) >= 11 is 0. The van der Waals surface area contributed by atoms with Crippen LogP contribution in [-0.4, -0.2) is 35.1 Å². The van der Waals surface area contributed by atoms with Crippen LogP contribution in [0.5, 0.6) is 0 Å². The first-order valence-corrected chi connectivity index (χ1v) is 6.36. The lowest BCUT2D eigenvalue weighted by atomic mass is 9.88. The Morgan fingerprint density at radius 1 is 1.38 bits per heavy atom. The molecule has 1 amide bonds. The highest BCUT2D eigenvalue weighted by molar-refractivity contribution is 5.83. The molecule has 2 saturated carbocycles. The summed E-state index contributed by atoms with van der Waals surface area (Å²) in [4.78, 5) is 13.5. The second kappa shape index (κ2) is 4.02. The third kappa shape index (κ3) is 2.24. The predicted octanol–water partition coefficient (Wildman–Crippen LogP) is 1.65. The standard InChI is InChI=1S/C13H23NO2/c1-13(2,16)12(15)14(3)8-11-7-9-4-5-10(11)6-9/h9-11,16H,4-8H2,1-3H3. The summed E-state index contributed by atoms with van der Waals surface area (Å²) in [5.41, 5.74) is -1.23. The minimum absolute atomic E-state index is 0.157. The number of likely N-dealkylation sites (N-methyl/N-ethyl adjacent to an activating group) is 1. The molecule has 0 radical (unpaired) electrons. The highest BCUT2D eigenvalue weighted by Gasteiger charge is 2.40. The van der Waals surface area contributed by atoms with Gasteiger partial charge in [-0.2, -0.15) is 0 Å². The molecular formula is C13H23NO2. The van der Waals surface area contributed by atoms with Crippen molar-refractivity contribution < 1.29 is 9.90 Å². The molecular weight excluding hydrogens is 202 g/mol. The highest BCUT2D eigenvalue weighted by atomic mass is 16.3. The van der Waals surface area contributed by atoms with Gasteiger partial charge in [0.1, 0.15) is 5.60 Å². The predicted molar refractivity (Wildman–Crippen MR) is 62.9 cm³/mol. The average molecular weight is 225 g/mol. The lowest BCUT2D eigenvalue weighted by Gasteiger charge is -2.30. The van der Waals surface area contributed by atoms with Crippen LogP contribution in [0, 0.1) is 17.8 Å². The maximum atomic E-state index is 11.8. The van der Waals surface area contributed by atoms with E-state index in [1.807, 2.05) is 7.05 Å². The lowest BCUT2D eigenvalue weighted by Crippen LogP contribution is -2.45. The zero-order valence-corrected chi connectivity index (χ0v) is 10.6. The van der Waals surface area contributed by atoms with E-state index in [1.54, 1.807) is 18.7 Å². The molecule has 2 rings (SSSR count). The van der Waals surface area contributed by atoms with Gasteiger partial charge in [0.15, 0.2) is 0 Å². The molecule has 2 aliphatic rings. The molecule has 1 N–H and O–H groups in total. The minimum Gasteiger partial charge on any atom is -0.381 e. The van der Waals surface area contributed by atoms with Crippen molar-refractivity contribution in [3.05, 3.63) is 0 Å². The van der Waals surface area contributed by atoms with Gasteiger partial charge >= 0.3 is 0 Å². The zero-order valence-electron chi connectivity index (χ0n) is 10.6. The van der Waals surface area contributed by atoms with Crippen molar-refractivity contribution in [1.82, 2.24) is 4.90 Å². The molecule has 2 bridgehead atoms. The molecule has 0 spiro atoms. The number of aliphatic hydroxyl groups is 1. The van der Waals surface area contributed by atoms with Gasteiger partial charge in [-0.15, -0.1) is 0 Å². The van der Waals surface area contributed by atoms with Gasteiger partial charge < -0.3 is 10.0 Å². The van der Waals surface area contributed by atoms with Gasteiger partial charge in [-0.1, -0.05) is 6.42 Å². The van der Waals surface area contributed by atoms with E-state index >= 15 is 0 Å². The molecule has 92 valence electrons. The summed E-state index contributed by atoms with van der Waals surface area (Å²) in [6.45, 7) is 3.95. The minimum atomic E-state index is -1.23. The van der Waals surface area contributed by atoms with Crippen molar-refractivity contribution in [3.63, 3.8) is 0 Å². The van der Waals surface area contributed by atoms with Gasteiger partial charge in [-0.25, -0.2) is 0 Å². The van der Waals surface area contributed by atoms with E-state index in [0.717, 1.165) is 18.4 Å². The highest BCUT2D eigenvalue weighted by Crippen LogP contribution is 2.48. The summed E-state index contributed by atoms with van der Waals surface area (Å²) in [7, 11) is 1.81. The van der Waals surface area contributed by atoms with Crippen LogP contribution in [0.15, 0.2) is 0 Å². The molecule has 0 aromatic heterocycles. The van der Waals surface area contributed by atoms with Crippen LogP contribution in [0.4, 0.5) is 0 Å². The van der Waals surface area contributed by atoms with E-state index in [9.17, 15) is 9.90 Å². The fourth-order valence-electron chi connectivity index (χ4n) is 3.50. The molecule has 3 atom stereocenters. The summed E-state index contributed by atoms with van der Waals surface area (Å²) in [6.07, 6.45) is 5.40. The molecule has 0 aromatic carbocycles. The fourth-order valence-corrected chi connectivity index (χ4v) is 3.50. The summed E-state index contributed by atoms with van der Waals surface area (Å²) < 4.78 is 0. The van der Waals surface area contributed by atoms with Crippen LogP contribution in [0.2, 0.25) is 0 Å². The number of carbonyl (C=O) groups excluding carboxylic acids is 1. The first kappa shape index (κ1) is 11.9. The third-order valence-corrected chi connectivity index (χ3v) is 4.26. The molecule has 3 nitrogen and oxygen atoms in total. The Hall–Kier alpha value is -0.570. The van der Waals surface area contributed by atoms with Crippen LogP contribution in [0.1, 0.15) is 39.5 Å². The van der Waals surface area contributed by atoms with Gasteiger partial charge in [0.05, 0.1) is 0 Å². The molecule has 0 aliphatic heterocycles. The van der Waals surface area contributed by atoms with Crippen molar-refractivity contribution in [2.24, 2.45) is 17.8 Å². The zero-order chi connectivity index (χ0) is 11.9. The largest absolute Gasteiger partial charge is 0.381 e. The van der Waals surface area contributed by atoms with Crippen LogP contribution in [0.25, 0.3) is 0 Å². The Morgan fingerprint density at radius 2 is 2.06 bits per heavy atom. The molecule has 2 aliphatic carbocycles. The smallest absolute Gasteiger partial charge is 0.253 e. The number of hydrogen-bond acceptors (Lipinski definition) is 2. The Kier molecular flexibility index (Phi) is 2.99. The first-order valence-electron chi connectivity index (χ1n) is 6.36. The SMILES string of the molecule is CN(CC1CC2CCC1C2)C(=O)C(C)(C)O. The number of hydrogen-bond donors (Lipinski definition) is 1. The maximum Gasteiger partial charge on any atom is 0.253 e. The van der Waals surface area contributed by atoms with Gasteiger partial charge in [0.25, 0.3) is 5.91 Å². The van der Waals surface area contributed by atoms with Crippen LogP contribution in [-0.2, 0) is 4.79 Å². The van der Waals surface area contributed by atoms with E-state index in [1.165, 1.54) is 25.7 Å². The van der Waals surface area contributed by atoms with Gasteiger partial charge in [0, 0.05) is 13.6 Å². The Bertz CT molecular complexity index is 282. The summed E-state index contributed by atoms with van der Waals surface area (Å²) in [5.74, 6) is 2.27. The van der Waals surface area contributed by atoms with Crippen molar-refractivity contribution in [1.29, 1.82) is 0 Å². The Labute approximate surface area is 97.8 Å². The summed E-state index contributed by atoms with van der Waals surface area (Å²) in [5, 5.41) is 9.67. The quantitative estimate of drug-likeness (QED) is 0.793. The van der Waals surface area contributed by atoms with E-state index in [4.69, 9.17) is 0 Å². The average Bonchev–Trinajstić information content (AvgIpc) is 2.76. The topological polar surface area (TPSA) is 40.5 Å². The summed E-state index contributed by atoms with van der Waals surface area (Å²) in [6, 6.07) is 0. The number of carbonyl (C=O) groups is 1. The van der Waals surface area contributed by atoms with Crippen LogP contribution >= 0.6 is 0 Å². The second-order valence-corrected chi connectivity index (χ2v) is 6.18. The lowest BCUT2D eigenvalue weighted by molar-refractivity contribution is -0.147. The van der Waals surface area contributed by atoms with E-state index in [-0.39, 0.29) is 5.91 Å². The van der Waals surface area contributed by atoms with Gasteiger partial charge in [0.2, 0.25) is 0 Å². The molecule has 3 unspecified atom stereocenters. The van der Waals surface area contributed by atoms with Crippen LogP contribution in [0.3, 0.4) is 0 Å². The maximum absolute atomic E-state index is 11.8. The molecule has 16 heavy (non-hydrogen) atoms. The normalized spacial score (nSPS) is 33.1. The third-order valence-electron chi connectivity index (χ3n) is 4.26. The van der Waals surface area contributed by atoms with Gasteiger partial charge in [-0.05, 0) is 50.9 Å². The monoisotopic (exact) mass is 225 g/mol.